The monoisotopic (exact) mass is 258 g/mol. The highest BCUT2D eigenvalue weighted by Crippen LogP contribution is 2.23. The fraction of sp³-hybridized carbons (Fsp3) is 0.300. The Morgan fingerprint density at radius 1 is 1.62 bits per heavy atom. The van der Waals surface area contributed by atoms with Crippen LogP contribution in [0.4, 0.5) is 0 Å². The van der Waals surface area contributed by atoms with Gasteiger partial charge in [-0.15, -0.1) is 11.3 Å². The molecule has 1 aromatic heterocycles. The SMILES string of the molecule is CC(C)/C(C=O)=C/c1csc(Br)c1. The number of hydrogen-bond donors (Lipinski definition) is 0. The van der Waals surface area contributed by atoms with Gasteiger partial charge in [-0.25, -0.2) is 0 Å². The summed E-state index contributed by atoms with van der Waals surface area (Å²) in [6.45, 7) is 4.03. The number of hydrogen-bond acceptors (Lipinski definition) is 2. The second-order valence-corrected chi connectivity index (χ2v) is 5.39. The van der Waals surface area contributed by atoms with Gasteiger partial charge in [0.25, 0.3) is 0 Å². The molecule has 0 radical (unpaired) electrons. The molecule has 0 amide bonds. The molecule has 0 saturated heterocycles. The molecule has 0 atom stereocenters. The van der Waals surface area contributed by atoms with Gasteiger partial charge in [-0.3, -0.25) is 4.79 Å². The van der Waals surface area contributed by atoms with E-state index in [9.17, 15) is 4.79 Å². The van der Waals surface area contributed by atoms with Gasteiger partial charge in [-0.05, 0) is 50.5 Å². The van der Waals surface area contributed by atoms with Gasteiger partial charge in [0.15, 0.2) is 0 Å². The van der Waals surface area contributed by atoms with Crippen molar-refractivity contribution in [1.29, 1.82) is 0 Å². The van der Waals surface area contributed by atoms with Crippen LogP contribution in [0.3, 0.4) is 0 Å². The zero-order valence-corrected chi connectivity index (χ0v) is 9.98. The van der Waals surface area contributed by atoms with E-state index in [2.05, 4.69) is 15.9 Å². The van der Waals surface area contributed by atoms with Crippen molar-refractivity contribution in [2.75, 3.05) is 0 Å². The zero-order chi connectivity index (χ0) is 9.84. The molecule has 1 nitrogen and oxygen atoms in total. The minimum atomic E-state index is 0.288. The number of aldehydes is 1. The smallest absolute Gasteiger partial charge is 0.146 e. The summed E-state index contributed by atoms with van der Waals surface area (Å²) in [5, 5.41) is 2.02. The molecule has 0 saturated carbocycles. The second-order valence-electron chi connectivity index (χ2n) is 3.10. The van der Waals surface area contributed by atoms with Gasteiger partial charge in [0.2, 0.25) is 0 Å². The van der Waals surface area contributed by atoms with Gasteiger partial charge < -0.3 is 0 Å². The average molecular weight is 259 g/mol. The lowest BCUT2D eigenvalue weighted by atomic mass is 10.0. The van der Waals surface area contributed by atoms with E-state index in [1.54, 1.807) is 11.3 Å². The largest absolute Gasteiger partial charge is 0.298 e. The van der Waals surface area contributed by atoms with Crippen LogP contribution in [0.1, 0.15) is 19.4 Å². The lowest BCUT2D eigenvalue weighted by molar-refractivity contribution is -0.105. The third-order valence-corrected chi connectivity index (χ3v) is 3.25. The molecule has 0 aliphatic rings. The molecule has 1 rings (SSSR count). The number of carbonyl (C=O) groups is 1. The van der Waals surface area contributed by atoms with Gasteiger partial charge >= 0.3 is 0 Å². The quantitative estimate of drug-likeness (QED) is 0.596. The van der Waals surface area contributed by atoms with Gasteiger partial charge in [0.1, 0.15) is 6.29 Å². The molecule has 3 heteroatoms. The van der Waals surface area contributed by atoms with E-state index in [1.807, 2.05) is 31.4 Å². The third kappa shape index (κ3) is 3.08. The van der Waals surface area contributed by atoms with Crippen LogP contribution in [0.15, 0.2) is 20.8 Å². The molecule has 13 heavy (non-hydrogen) atoms. The molecule has 0 fully saturated rings. The van der Waals surface area contributed by atoms with Crippen LogP contribution in [-0.2, 0) is 4.79 Å². The Morgan fingerprint density at radius 2 is 2.31 bits per heavy atom. The lowest BCUT2D eigenvalue weighted by Crippen LogP contribution is -1.94. The molecule has 0 unspecified atom stereocenters. The van der Waals surface area contributed by atoms with Crippen molar-refractivity contribution >= 4 is 39.6 Å². The third-order valence-electron chi connectivity index (χ3n) is 1.72. The molecule has 0 aliphatic carbocycles. The van der Waals surface area contributed by atoms with E-state index in [0.717, 1.165) is 21.2 Å². The summed E-state index contributed by atoms with van der Waals surface area (Å²) in [5.74, 6) is 0.288. The van der Waals surface area contributed by atoms with E-state index in [-0.39, 0.29) is 5.92 Å². The van der Waals surface area contributed by atoms with Gasteiger partial charge in [-0.2, -0.15) is 0 Å². The maximum Gasteiger partial charge on any atom is 0.146 e. The minimum Gasteiger partial charge on any atom is -0.298 e. The van der Waals surface area contributed by atoms with E-state index >= 15 is 0 Å². The maximum absolute atomic E-state index is 10.7. The van der Waals surface area contributed by atoms with Crippen molar-refractivity contribution < 1.29 is 4.79 Å². The summed E-state index contributed by atoms with van der Waals surface area (Å²) < 4.78 is 1.09. The Labute approximate surface area is 90.6 Å². The molecule has 0 bridgehead atoms. The average Bonchev–Trinajstić information content (AvgIpc) is 2.46. The summed E-state index contributed by atoms with van der Waals surface area (Å²) in [6.07, 6.45) is 2.86. The van der Waals surface area contributed by atoms with Crippen molar-refractivity contribution in [2.45, 2.75) is 13.8 Å². The number of halogens is 1. The van der Waals surface area contributed by atoms with Gasteiger partial charge in [0, 0.05) is 0 Å². The number of carbonyl (C=O) groups excluding carboxylic acids is 1. The van der Waals surface area contributed by atoms with Crippen LogP contribution < -0.4 is 0 Å². The zero-order valence-electron chi connectivity index (χ0n) is 7.58. The van der Waals surface area contributed by atoms with E-state index in [4.69, 9.17) is 0 Å². The Bertz CT molecular complexity index is 325. The first kappa shape index (κ1) is 10.7. The summed E-state index contributed by atoms with van der Waals surface area (Å²) in [5.41, 5.74) is 1.93. The van der Waals surface area contributed by atoms with Crippen LogP contribution in [0.2, 0.25) is 0 Å². The summed E-state index contributed by atoms with van der Waals surface area (Å²) in [4.78, 5) is 10.7. The van der Waals surface area contributed by atoms with Crippen LogP contribution >= 0.6 is 27.3 Å². The molecule has 0 aliphatic heterocycles. The number of allylic oxidation sites excluding steroid dienone is 1. The number of rotatable bonds is 3. The Morgan fingerprint density at radius 3 is 2.69 bits per heavy atom. The minimum absolute atomic E-state index is 0.288. The van der Waals surface area contributed by atoms with Gasteiger partial charge in [0.05, 0.1) is 3.79 Å². The Hall–Kier alpha value is -0.410. The first-order chi connectivity index (χ1) is 6.13. The molecule has 0 spiro atoms. The van der Waals surface area contributed by atoms with Crippen molar-refractivity contribution in [1.82, 2.24) is 0 Å². The molecule has 0 N–H and O–H groups in total. The molecule has 1 aromatic rings. The van der Waals surface area contributed by atoms with E-state index < -0.39 is 0 Å². The molecule has 70 valence electrons. The molecular formula is C10H11BrOS. The summed E-state index contributed by atoms with van der Waals surface area (Å²) >= 11 is 5.01. The molecule has 0 aromatic carbocycles. The topological polar surface area (TPSA) is 17.1 Å². The summed E-state index contributed by atoms with van der Waals surface area (Å²) in [7, 11) is 0. The predicted octanol–water partition coefficient (Wildman–Crippen LogP) is 3.75. The van der Waals surface area contributed by atoms with Crippen LogP contribution in [0, 0.1) is 5.92 Å². The lowest BCUT2D eigenvalue weighted by Gasteiger charge is -2.01. The van der Waals surface area contributed by atoms with Crippen molar-refractivity contribution in [3.63, 3.8) is 0 Å². The van der Waals surface area contributed by atoms with E-state index in [0.29, 0.717) is 0 Å². The maximum atomic E-state index is 10.7. The summed E-state index contributed by atoms with van der Waals surface area (Å²) in [6, 6.07) is 2.01. The molecule has 1 heterocycles. The normalized spacial score (nSPS) is 12.2. The van der Waals surface area contributed by atoms with Gasteiger partial charge in [-0.1, -0.05) is 13.8 Å². The van der Waals surface area contributed by atoms with Crippen LogP contribution in [0.5, 0.6) is 0 Å². The standard InChI is InChI=1S/C10H11BrOS/c1-7(2)9(5-12)3-8-4-10(11)13-6-8/h3-7H,1-2H3/b9-3+. The van der Waals surface area contributed by atoms with Crippen LogP contribution in [0.25, 0.3) is 6.08 Å². The number of thiophene rings is 1. The molecular weight excluding hydrogens is 248 g/mol. The highest BCUT2D eigenvalue weighted by atomic mass is 79.9. The van der Waals surface area contributed by atoms with Crippen LogP contribution in [-0.4, -0.2) is 6.29 Å². The highest BCUT2D eigenvalue weighted by Gasteiger charge is 2.02. The van der Waals surface area contributed by atoms with E-state index in [1.165, 1.54) is 0 Å². The highest BCUT2D eigenvalue weighted by molar-refractivity contribution is 9.11. The Balaban J connectivity index is 2.91. The fourth-order valence-corrected chi connectivity index (χ4v) is 2.06. The first-order valence-corrected chi connectivity index (χ1v) is 5.71. The Kier molecular flexibility index (Phi) is 3.88. The predicted molar refractivity (Wildman–Crippen MR) is 60.9 cm³/mol. The second kappa shape index (κ2) is 4.72. The fourth-order valence-electron chi connectivity index (χ4n) is 0.928. The van der Waals surface area contributed by atoms with Crippen molar-refractivity contribution in [3.05, 3.63) is 26.4 Å². The van der Waals surface area contributed by atoms with Crippen molar-refractivity contribution in [3.8, 4) is 0 Å². The van der Waals surface area contributed by atoms with Crippen molar-refractivity contribution in [2.24, 2.45) is 5.92 Å². The first-order valence-electron chi connectivity index (χ1n) is 4.04.